The monoisotopic (exact) mass is 254 g/mol. The van der Waals surface area contributed by atoms with Gasteiger partial charge >= 0.3 is 0 Å². The van der Waals surface area contributed by atoms with Crippen molar-refractivity contribution in [3.05, 3.63) is 53.2 Å². The molecule has 1 unspecified atom stereocenters. The first-order valence-electron chi connectivity index (χ1n) is 6.67. The molecule has 1 aromatic heterocycles. The van der Waals surface area contributed by atoms with E-state index in [2.05, 4.69) is 41.1 Å². The largest absolute Gasteiger partial charge is 0.389 e. The van der Waals surface area contributed by atoms with Crippen LogP contribution < -0.4 is 4.90 Å². The normalized spacial score (nSPS) is 15.4. The Kier molecular flexibility index (Phi) is 2.99. The lowest BCUT2D eigenvalue weighted by Gasteiger charge is -2.21. The highest BCUT2D eigenvalue weighted by atomic mass is 16.3. The molecule has 0 saturated carbocycles. The van der Waals surface area contributed by atoms with Crippen LogP contribution in [0.1, 0.15) is 29.7 Å². The fraction of sp³-hybridized carbons (Fsp3) is 0.312. The van der Waals surface area contributed by atoms with Gasteiger partial charge in [-0.1, -0.05) is 18.2 Å². The van der Waals surface area contributed by atoms with Gasteiger partial charge in [-0.15, -0.1) is 0 Å². The van der Waals surface area contributed by atoms with Gasteiger partial charge in [0.15, 0.2) is 0 Å². The number of hydrogen-bond acceptors (Lipinski definition) is 3. The van der Waals surface area contributed by atoms with E-state index in [1.807, 2.05) is 6.07 Å². The predicted molar refractivity (Wildman–Crippen MR) is 76.8 cm³/mol. The van der Waals surface area contributed by atoms with E-state index in [-0.39, 0.29) is 0 Å². The van der Waals surface area contributed by atoms with Crippen LogP contribution in [-0.2, 0) is 6.42 Å². The molecule has 98 valence electrons. The summed E-state index contributed by atoms with van der Waals surface area (Å²) < 4.78 is 0. The van der Waals surface area contributed by atoms with Crippen LogP contribution in [0.5, 0.6) is 0 Å². The number of rotatable bonds is 2. The van der Waals surface area contributed by atoms with E-state index in [0.29, 0.717) is 0 Å². The number of aliphatic hydroxyl groups is 1. The zero-order chi connectivity index (χ0) is 13.4. The Morgan fingerprint density at radius 2 is 2.11 bits per heavy atom. The number of hydrogen-bond donors (Lipinski definition) is 1. The van der Waals surface area contributed by atoms with Gasteiger partial charge in [0.05, 0.1) is 6.10 Å². The third-order valence-electron chi connectivity index (χ3n) is 3.70. The summed E-state index contributed by atoms with van der Waals surface area (Å²) in [5.41, 5.74) is 4.61. The van der Waals surface area contributed by atoms with Gasteiger partial charge in [0.25, 0.3) is 0 Å². The molecule has 0 amide bonds. The van der Waals surface area contributed by atoms with Gasteiger partial charge < -0.3 is 10.0 Å². The number of aryl methyl sites for hydroxylation is 1. The number of fused-ring (bicyclic) bond motifs is 1. The topological polar surface area (TPSA) is 36.4 Å². The summed E-state index contributed by atoms with van der Waals surface area (Å²) in [5, 5.41) is 9.61. The third-order valence-corrected chi connectivity index (χ3v) is 3.70. The predicted octanol–water partition coefficient (Wildman–Crippen LogP) is 3.14. The van der Waals surface area contributed by atoms with Crippen molar-refractivity contribution in [1.82, 2.24) is 4.98 Å². The molecule has 0 fully saturated rings. The Balaban J connectivity index is 2.00. The van der Waals surface area contributed by atoms with E-state index in [1.165, 1.54) is 11.3 Å². The van der Waals surface area contributed by atoms with Crippen molar-refractivity contribution in [3.63, 3.8) is 0 Å². The summed E-state index contributed by atoms with van der Waals surface area (Å²) in [4.78, 5) is 6.81. The first-order valence-corrected chi connectivity index (χ1v) is 6.67. The SMILES string of the molecule is Cc1cc(C(C)O)cnc1N1CCc2ccccc21. The van der Waals surface area contributed by atoms with E-state index in [9.17, 15) is 5.11 Å². The smallest absolute Gasteiger partial charge is 0.135 e. The van der Waals surface area contributed by atoms with E-state index >= 15 is 0 Å². The average Bonchev–Trinajstić information content (AvgIpc) is 2.82. The molecule has 1 atom stereocenters. The molecule has 2 heterocycles. The van der Waals surface area contributed by atoms with Crippen molar-refractivity contribution in [2.24, 2.45) is 0 Å². The minimum atomic E-state index is -0.467. The van der Waals surface area contributed by atoms with Crippen molar-refractivity contribution in [2.45, 2.75) is 26.4 Å². The van der Waals surface area contributed by atoms with Crippen molar-refractivity contribution in [2.75, 3.05) is 11.4 Å². The Morgan fingerprint density at radius 1 is 1.32 bits per heavy atom. The standard InChI is InChI=1S/C16H18N2O/c1-11-9-14(12(2)19)10-17-16(11)18-8-7-13-5-3-4-6-15(13)18/h3-6,9-10,12,19H,7-8H2,1-2H3. The minimum Gasteiger partial charge on any atom is -0.389 e. The van der Waals surface area contributed by atoms with E-state index < -0.39 is 6.10 Å². The van der Waals surface area contributed by atoms with Gasteiger partial charge in [-0.3, -0.25) is 0 Å². The van der Waals surface area contributed by atoms with Crippen LogP contribution >= 0.6 is 0 Å². The lowest BCUT2D eigenvalue weighted by atomic mass is 10.1. The Labute approximate surface area is 113 Å². The van der Waals surface area contributed by atoms with Gasteiger partial charge in [-0.2, -0.15) is 0 Å². The summed E-state index contributed by atoms with van der Waals surface area (Å²) in [6, 6.07) is 10.5. The van der Waals surface area contributed by atoms with E-state index in [4.69, 9.17) is 0 Å². The maximum absolute atomic E-state index is 9.61. The molecule has 0 bridgehead atoms. The molecule has 19 heavy (non-hydrogen) atoms. The van der Waals surface area contributed by atoms with Gasteiger partial charge in [0.2, 0.25) is 0 Å². The van der Waals surface area contributed by atoms with Crippen LogP contribution in [0, 0.1) is 6.92 Å². The van der Waals surface area contributed by atoms with Crippen molar-refractivity contribution in [3.8, 4) is 0 Å². The van der Waals surface area contributed by atoms with E-state index in [1.54, 1.807) is 13.1 Å². The van der Waals surface area contributed by atoms with E-state index in [0.717, 1.165) is 29.9 Å². The molecule has 3 rings (SSSR count). The van der Waals surface area contributed by atoms with Crippen molar-refractivity contribution in [1.29, 1.82) is 0 Å². The summed E-state index contributed by atoms with van der Waals surface area (Å²) >= 11 is 0. The summed E-state index contributed by atoms with van der Waals surface area (Å²) in [6.07, 6.45) is 2.37. The average molecular weight is 254 g/mol. The lowest BCUT2D eigenvalue weighted by Crippen LogP contribution is -2.16. The fourth-order valence-corrected chi connectivity index (χ4v) is 2.66. The van der Waals surface area contributed by atoms with Crippen LogP contribution in [0.2, 0.25) is 0 Å². The van der Waals surface area contributed by atoms with Crippen LogP contribution in [0.3, 0.4) is 0 Å². The zero-order valence-electron chi connectivity index (χ0n) is 11.3. The molecule has 1 aliphatic rings. The number of anilines is 2. The molecule has 0 saturated heterocycles. The highest BCUT2D eigenvalue weighted by Gasteiger charge is 2.22. The second kappa shape index (κ2) is 4.67. The maximum atomic E-state index is 9.61. The highest BCUT2D eigenvalue weighted by Crippen LogP contribution is 2.35. The molecule has 0 spiro atoms. The molecule has 1 aromatic carbocycles. The quantitative estimate of drug-likeness (QED) is 0.894. The van der Waals surface area contributed by atoms with Crippen molar-refractivity contribution >= 4 is 11.5 Å². The first-order chi connectivity index (χ1) is 9.16. The second-order valence-corrected chi connectivity index (χ2v) is 5.12. The number of aliphatic hydroxyl groups excluding tert-OH is 1. The van der Waals surface area contributed by atoms with Crippen molar-refractivity contribution < 1.29 is 5.11 Å². The Bertz CT molecular complexity index is 607. The second-order valence-electron chi connectivity index (χ2n) is 5.12. The van der Waals surface area contributed by atoms with Gasteiger partial charge in [0.1, 0.15) is 5.82 Å². The van der Waals surface area contributed by atoms with Crippen LogP contribution in [0.25, 0.3) is 0 Å². The summed E-state index contributed by atoms with van der Waals surface area (Å²) in [5.74, 6) is 0.995. The molecular weight excluding hydrogens is 236 g/mol. The zero-order valence-corrected chi connectivity index (χ0v) is 11.3. The Hall–Kier alpha value is -1.87. The van der Waals surface area contributed by atoms with Crippen LogP contribution in [-0.4, -0.2) is 16.6 Å². The Morgan fingerprint density at radius 3 is 2.84 bits per heavy atom. The fourth-order valence-electron chi connectivity index (χ4n) is 2.66. The molecule has 0 radical (unpaired) electrons. The third kappa shape index (κ3) is 2.10. The van der Waals surface area contributed by atoms with Crippen LogP contribution in [0.4, 0.5) is 11.5 Å². The number of aromatic nitrogens is 1. The maximum Gasteiger partial charge on any atom is 0.135 e. The molecule has 2 aromatic rings. The van der Waals surface area contributed by atoms with Gasteiger partial charge in [-0.05, 0) is 49.1 Å². The first kappa shape index (κ1) is 12.2. The molecule has 1 N–H and O–H groups in total. The minimum absolute atomic E-state index is 0.467. The van der Waals surface area contributed by atoms with Crippen LogP contribution in [0.15, 0.2) is 36.5 Å². The molecule has 1 aliphatic heterocycles. The van der Waals surface area contributed by atoms with Gasteiger partial charge in [-0.25, -0.2) is 4.98 Å². The molecular formula is C16H18N2O. The highest BCUT2D eigenvalue weighted by molar-refractivity contribution is 5.69. The summed E-state index contributed by atoms with van der Waals surface area (Å²) in [7, 11) is 0. The number of nitrogens with zero attached hydrogens (tertiary/aromatic N) is 2. The number of benzene rings is 1. The molecule has 3 heteroatoms. The molecule has 3 nitrogen and oxygen atoms in total. The summed E-state index contributed by atoms with van der Waals surface area (Å²) in [6.45, 7) is 4.79. The lowest BCUT2D eigenvalue weighted by molar-refractivity contribution is 0.199. The molecule has 0 aliphatic carbocycles. The number of pyridine rings is 1. The number of para-hydroxylation sites is 1. The van der Waals surface area contributed by atoms with Gasteiger partial charge in [0, 0.05) is 18.4 Å².